The number of thiophene rings is 1. The smallest absolute Gasteiger partial charge is 0.319 e. The van der Waals surface area contributed by atoms with Crippen LogP contribution in [0.2, 0.25) is 0 Å². The lowest BCUT2D eigenvalue weighted by molar-refractivity contribution is 0.252. The van der Waals surface area contributed by atoms with Gasteiger partial charge >= 0.3 is 6.03 Å². The number of nitriles is 1. The summed E-state index contributed by atoms with van der Waals surface area (Å²) in [5.41, 5.74) is 0.374. The largest absolute Gasteiger partial charge is 0.333 e. The second-order valence-corrected chi connectivity index (χ2v) is 4.72. The fraction of sp³-hybridized carbons (Fsp3) is 0.0769. The lowest BCUT2D eigenvalue weighted by atomic mass is 10.2. The lowest BCUT2D eigenvalue weighted by Crippen LogP contribution is -2.28. The predicted octanol–water partition coefficient (Wildman–Crippen LogP) is 3.08. The number of halogens is 1. The van der Waals surface area contributed by atoms with E-state index in [2.05, 4.69) is 10.6 Å². The molecule has 0 bridgehead atoms. The first-order valence-electron chi connectivity index (χ1n) is 5.46. The van der Waals surface area contributed by atoms with Crippen LogP contribution in [0.15, 0.2) is 35.7 Å². The van der Waals surface area contributed by atoms with Crippen molar-refractivity contribution in [3.05, 3.63) is 52.0 Å². The molecule has 1 aromatic heterocycles. The number of nitrogens with one attached hydrogen (secondary N) is 2. The van der Waals surface area contributed by atoms with E-state index in [0.29, 0.717) is 6.54 Å². The van der Waals surface area contributed by atoms with Crippen molar-refractivity contribution >= 4 is 23.1 Å². The van der Waals surface area contributed by atoms with Crippen molar-refractivity contribution in [2.45, 2.75) is 6.54 Å². The molecule has 96 valence electrons. The van der Waals surface area contributed by atoms with Crippen molar-refractivity contribution in [1.82, 2.24) is 5.32 Å². The molecule has 1 heterocycles. The van der Waals surface area contributed by atoms with E-state index in [4.69, 9.17) is 5.26 Å². The second-order valence-electron chi connectivity index (χ2n) is 3.69. The molecule has 2 rings (SSSR count). The van der Waals surface area contributed by atoms with Gasteiger partial charge in [-0.2, -0.15) is 5.26 Å². The van der Waals surface area contributed by atoms with Crippen molar-refractivity contribution < 1.29 is 9.18 Å². The maximum Gasteiger partial charge on any atom is 0.319 e. The number of amides is 2. The van der Waals surface area contributed by atoms with Crippen molar-refractivity contribution in [1.29, 1.82) is 5.26 Å². The monoisotopic (exact) mass is 275 g/mol. The molecular weight excluding hydrogens is 265 g/mol. The highest BCUT2D eigenvalue weighted by molar-refractivity contribution is 7.09. The molecule has 2 aromatic rings. The molecule has 2 N–H and O–H groups in total. The molecule has 0 saturated heterocycles. The fourth-order valence-corrected chi connectivity index (χ4v) is 2.11. The molecule has 0 radical (unpaired) electrons. The Bertz CT molecular complexity index is 619. The highest BCUT2D eigenvalue weighted by Gasteiger charge is 2.07. The van der Waals surface area contributed by atoms with E-state index >= 15 is 0 Å². The van der Waals surface area contributed by atoms with Crippen LogP contribution in [0.5, 0.6) is 0 Å². The summed E-state index contributed by atoms with van der Waals surface area (Å²) in [6, 6.07) is 8.83. The van der Waals surface area contributed by atoms with E-state index in [1.165, 1.54) is 23.5 Å². The van der Waals surface area contributed by atoms with Gasteiger partial charge in [0, 0.05) is 4.88 Å². The first-order chi connectivity index (χ1) is 9.19. The van der Waals surface area contributed by atoms with Crippen molar-refractivity contribution in [2.24, 2.45) is 0 Å². The van der Waals surface area contributed by atoms with Crippen molar-refractivity contribution in [2.75, 3.05) is 5.32 Å². The van der Waals surface area contributed by atoms with Crippen molar-refractivity contribution in [3.63, 3.8) is 0 Å². The number of carbonyl (C=O) groups excluding carboxylic acids is 1. The molecule has 0 aliphatic rings. The maximum absolute atomic E-state index is 12.9. The van der Waals surface area contributed by atoms with Crippen LogP contribution in [0, 0.1) is 17.1 Å². The van der Waals surface area contributed by atoms with Crippen LogP contribution in [-0.4, -0.2) is 6.03 Å². The van der Waals surface area contributed by atoms with Gasteiger partial charge in [0.15, 0.2) is 0 Å². The van der Waals surface area contributed by atoms with Crippen LogP contribution in [0.3, 0.4) is 0 Å². The zero-order valence-electron chi connectivity index (χ0n) is 9.81. The Morgan fingerprint density at radius 3 is 2.95 bits per heavy atom. The summed E-state index contributed by atoms with van der Waals surface area (Å²) in [5, 5.41) is 15.9. The van der Waals surface area contributed by atoms with Gasteiger partial charge in [-0.15, -0.1) is 11.3 Å². The van der Waals surface area contributed by atoms with Crippen molar-refractivity contribution in [3.8, 4) is 6.07 Å². The molecule has 0 fully saturated rings. The lowest BCUT2D eigenvalue weighted by Gasteiger charge is -2.08. The molecule has 0 aliphatic heterocycles. The zero-order chi connectivity index (χ0) is 13.7. The molecule has 19 heavy (non-hydrogen) atoms. The molecule has 0 unspecified atom stereocenters. The van der Waals surface area contributed by atoms with Crippen LogP contribution < -0.4 is 10.6 Å². The van der Waals surface area contributed by atoms with Crippen LogP contribution in [0.25, 0.3) is 0 Å². The maximum atomic E-state index is 12.9. The number of anilines is 1. The van der Waals surface area contributed by atoms with Crippen LogP contribution in [0.4, 0.5) is 14.9 Å². The third-order valence-electron chi connectivity index (χ3n) is 2.35. The summed E-state index contributed by atoms with van der Waals surface area (Å²) in [7, 11) is 0. The highest BCUT2D eigenvalue weighted by Crippen LogP contribution is 2.15. The van der Waals surface area contributed by atoms with Gasteiger partial charge in [0.05, 0.1) is 17.8 Å². The minimum atomic E-state index is -0.513. The Morgan fingerprint density at radius 1 is 1.42 bits per heavy atom. The highest BCUT2D eigenvalue weighted by atomic mass is 32.1. The summed E-state index contributed by atoms with van der Waals surface area (Å²) in [6.07, 6.45) is 0. The average Bonchev–Trinajstić information content (AvgIpc) is 2.91. The molecule has 0 aliphatic carbocycles. The first-order valence-corrected chi connectivity index (χ1v) is 6.34. The molecule has 4 nitrogen and oxygen atoms in total. The van der Waals surface area contributed by atoms with Gasteiger partial charge in [-0.25, -0.2) is 9.18 Å². The van der Waals surface area contributed by atoms with Gasteiger partial charge in [-0.3, -0.25) is 0 Å². The van der Waals surface area contributed by atoms with E-state index in [0.717, 1.165) is 10.9 Å². The molecule has 0 atom stereocenters. The summed E-state index contributed by atoms with van der Waals surface area (Å²) >= 11 is 1.54. The minimum Gasteiger partial charge on any atom is -0.333 e. The van der Waals surface area contributed by atoms with Gasteiger partial charge in [0.2, 0.25) is 0 Å². The third-order valence-corrected chi connectivity index (χ3v) is 3.23. The molecule has 2 amide bonds. The van der Waals surface area contributed by atoms with Crippen LogP contribution >= 0.6 is 11.3 Å². The minimum absolute atomic E-state index is 0.0891. The molecular formula is C13H10FN3OS. The Labute approximate surface area is 113 Å². The van der Waals surface area contributed by atoms with E-state index in [9.17, 15) is 9.18 Å². The Morgan fingerprint density at radius 2 is 2.26 bits per heavy atom. The van der Waals surface area contributed by atoms with E-state index in [1.54, 1.807) is 0 Å². The van der Waals surface area contributed by atoms with Gasteiger partial charge in [0.25, 0.3) is 0 Å². The number of hydrogen-bond donors (Lipinski definition) is 2. The number of carbonyl (C=O) groups is 1. The third kappa shape index (κ3) is 3.53. The van der Waals surface area contributed by atoms with Crippen LogP contribution in [-0.2, 0) is 6.54 Å². The number of urea groups is 1. The Hall–Kier alpha value is -2.39. The number of hydrogen-bond acceptors (Lipinski definition) is 3. The molecule has 6 heteroatoms. The topological polar surface area (TPSA) is 64.9 Å². The van der Waals surface area contributed by atoms with E-state index in [-0.39, 0.29) is 11.3 Å². The second kappa shape index (κ2) is 5.98. The Balaban J connectivity index is 1.97. The average molecular weight is 275 g/mol. The standard InChI is InChI=1S/C13H10FN3OS/c14-10-3-4-12(9(6-10)7-15)17-13(18)16-8-11-2-1-5-19-11/h1-6H,8H2,(H2,16,17,18). The Kier molecular flexibility index (Phi) is 4.11. The summed E-state index contributed by atoms with van der Waals surface area (Å²) in [6.45, 7) is 0.409. The molecule has 1 aromatic carbocycles. The van der Waals surface area contributed by atoms with Gasteiger partial charge in [-0.1, -0.05) is 6.07 Å². The van der Waals surface area contributed by atoms with Crippen LogP contribution in [0.1, 0.15) is 10.4 Å². The zero-order valence-corrected chi connectivity index (χ0v) is 10.6. The van der Waals surface area contributed by atoms with Gasteiger partial charge < -0.3 is 10.6 Å². The van der Waals surface area contributed by atoms with E-state index in [1.807, 2.05) is 23.6 Å². The molecule has 0 spiro atoms. The normalized spacial score (nSPS) is 9.68. The summed E-state index contributed by atoms with van der Waals surface area (Å²) in [5.74, 6) is -0.513. The number of rotatable bonds is 3. The molecule has 0 saturated carbocycles. The summed E-state index contributed by atoms with van der Waals surface area (Å²) < 4.78 is 12.9. The van der Waals surface area contributed by atoms with E-state index < -0.39 is 11.8 Å². The first kappa shape index (κ1) is 13.1. The quantitative estimate of drug-likeness (QED) is 0.904. The van der Waals surface area contributed by atoms with Gasteiger partial charge in [-0.05, 0) is 29.6 Å². The summed E-state index contributed by atoms with van der Waals surface area (Å²) in [4.78, 5) is 12.7. The number of benzene rings is 1. The van der Waals surface area contributed by atoms with Gasteiger partial charge in [0.1, 0.15) is 11.9 Å². The predicted molar refractivity (Wildman–Crippen MR) is 71.3 cm³/mol. The number of nitrogens with zero attached hydrogens (tertiary/aromatic N) is 1. The SMILES string of the molecule is N#Cc1cc(F)ccc1NC(=O)NCc1cccs1. The fourth-order valence-electron chi connectivity index (χ4n) is 1.47.